The van der Waals surface area contributed by atoms with E-state index in [2.05, 4.69) is 46.0 Å². The van der Waals surface area contributed by atoms with Crippen molar-refractivity contribution in [2.24, 2.45) is 28.7 Å². The maximum Gasteiger partial charge on any atom is 0.233 e. The number of halogens is 1. The van der Waals surface area contributed by atoms with Crippen LogP contribution in [0, 0.1) is 23.7 Å². The normalized spacial score (nSPS) is 28.6. The first kappa shape index (κ1) is 21.3. The van der Waals surface area contributed by atoms with Gasteiger partial charge >= 0.3 is 0 Å². The van der Waals surface area contributed by atoms with Crippen LogP contribution >= 0.6 is 24.0 Å². The third-order valence-corrected chi connectivity index (χ3v) is 6.66. The van der Waals surface area contributed by atoms with Gasteiger partial charge in [0.25, 0.3) is 0 Å². The molecule has 7 nitrogen and oxygen atoms in total. The first-order chi connectivity index (χ1) is 14.2. The lowest BCUT2D eigenvalue weighted by Gasteiger charge is -2.18. The van der Waals surface area contributed by atoms with Gasteiger partial charge in [-0.1, -0.05) is 30.4 Å². The van der Waals surface area contributed by atoms with E-state index in [0.717, 1.165) is 12.0 Å². The number of allylic oxidation sites excluding steroid dienone is 2. The summed E-state index contributed by atoms with van der Waals surface area (Å²) in [7, 11) is 1.71. The van der Waals surface area contributed by atoms with E-state index in [0.29, 0.717) is 38.8 Å². The molecule has 160 valence electrons. The van der Waals surface area contributed by atoms with E-state index < -0.39 is 0 Å². The van der Waals surface area contributed by atoms with E-state index >= 15 is 0 Å². The highest BCUT2D eigenvalue weighted by atomic mass is 127. The topological polar surface area (TPSA) is 83.0 Å². The summed E-state index contributed by atoms with van der Waals surface area (Å²) < 4.78 is 5.46. The predicted molar refractivity (Wildman–Crippen MR) is 123 cm³/mol. The molecule has 2 N–H and O–H groups in total. The highest BCUT2D eigenvalue weighted by molar-refractivity contribution is 14.0. The zero-order valence-corrected chi connectivity index (χ0v) is 19.3. The maximum atomic E-state index is 12.7. The van der Waals surface area contributed by atoms with Crippen molar-refractivity contribution < 1.29 is 14.3 Å². The number of carbonyl (C=O) groups is 2. The number of rotatable bonds is 5. The van der Waals surface area contributed by atoms with Gasteiger partial charge < -0.3 is 15.4 Å². The fourth-order valence-corrected chi connectivity index (χ4v) is 5.21. The molecule has 4 atom stereocenters. The summed E-state index contributed by atoms with van der Waals surface area (Å²) in [6, 6.07) is 6.36. The molecular formula is C22H27IN4O3. The number of guanidine groups is 1. The van der Waals surface area contributed by atoms with Crippen LogP contribution in [0.25, 0.3) is 0 Å². The molecule has 0 radical (unpaired) electrons. The zero-order valence-electron chi connectivity index (χ0n) is 17.0. The van der Waals surface area contributed by atoms with Gasteiger partial charge in [-0.3, -0.25) is 19.5 Å². The Kier molecular flexibility index (Phi) is 6.15. The number of nitrogens with zero attached hydrogens (tertiary/aromatic N) is 2. The Morgan fingerprint density at radius 1 is 1.10 bits per heavy atom. The Hall–Kier alpha value is -1.94. The van der Waals surface area contributed by atoms with Gasteiger partial charge in [0.1, 0.15) is 0 Å². The van der Waals surface area contributed by atoms with Gasteiger partial charge in [-0.2, -0.15) is 0 Å². The monoisotopic (exact) mass is 522 g/mol. The van der Waals surface area contributed by atoms with Gasteiger partial charge in [-0.25, -0.2) is 0 Å². The smallest absolute Gasteiger partial charge is 0.233 e. The molecule has 2 bridgehead atoms. The number of likely N-dealkylation sites (tertiary alicyclic amines) is 1. The number of hydrogen-bond acceptors (Lipinski definition) is 4. The fourth-order valence-electron chi connectivity index (χ4n) is 5.21. The summed E-state index contributed by atoms with van der Waals surface area (Å²) in [5.74, 6) is 0.919. The fraction of sp³-hybridized carbons (Fsp3) is 0.500. The van der Waals surface area contributed by atoms with Crippen LogP contribution in [0.3, 0.4) is 0 Å². The van der Waals surface area contributed by atoms with Crippen molar-refractivity contribution in [3.63, 3.8) is 0 Å². The zero-order chi connectivity index (χ0) is 20.0. The van der Waals surface area contributed by atoms with E-state index in [1.807, 2.05) is 0 Å². The number of amides is 2. The minimum absolute atomic E-state index is 0. The maximum absolute atomic E-state index is 12.7. The number of ether oxygens (including phenoxy) is 1. The number of nitrogens with one attached hydrogen (secondary N) is 2. The lowest BCUT2D eigenvalue weighted by Crippen LogP contribution is -2.43. The van der Waals surface area contributed by atoms with Crippen LogP contribution in [0.1, 0.15) is 23.1 Å². The van der Waals surface area contributed by atoms with Gasteiger partial charge in [0.2, 0.25) is 11.8 Å². The van der Waals surface area contributed by atoms with Crippen LogP contribution < -0.4 is 10.6 Å². The number of aliphatic imine (C=N–C) groups is 1. The highest BCUT2D eigenvalue weighted by Gasteiger charge is 2.58. The molecule has 5 rings (SSSR count). The second kappa shape index (κ2) is 8.66. The molecule has 0 spiro atoms. The Bertz CT molecular complexity index is 886. The summed E-state index contributed by atoms with van der Waals surface area (Å²) in [6.45, 7) is 2.87. The van der Waals surface area contributed by atoms with E-state index in [1.54, 1.807) is 7.05 Å². The van der Waals surface area contributed by atoms with Crippen molar-refractivity contribution in [2.75, 3.05) is 20.1 Å². The van der Waals surface area contributed by atoms with Gasteiger partial charge in [0, 0.05) is 26.7 Å². The summed E-state index contributed by atoms with van der Waals surface area (Å²) in [6.07, 6.45) is 5.20. The van der Waals surface area contributed by atoms with Crippen LogP contribution in [0.5, 0.6) is 0 Å². The molecule has 1 saturated carbocycles. The molecular weight excluding hydrogens is 495 g/mol. The quantitative estimate of drug-likeness (QED) is 0.203. The van der Waals surface area contributed by atoms with Gasteiger partial charge in [0.05, 0.1) is 25.0 Å². The van der Waals surface area contributed by atoms with Crippen molar-refractivity contribution in [1.82, 2.24) is 15.5 Å². The SMILES string of the molecule is CN=C(NCCN1C(=O)C2C3C=CC(C3)C2C1=O)NCc1ccc2c(c1)COC2.I. The van der Waals surface area contributed by atoms with E-state index in [-0.39, 0.29) is 59.5 Å². The Balaban J connectivity index is 0.00000218. The summed E-state index contributed by atoms with van der Waals surface area (Å²) in [4.78, 5) is 31.1. The summed E-state index contributed by atoms with van der Waals surface area (Å²) in [5.41, 5.74) is 3.66. The van der Waals surface area contributed by atoms with Crippen molar-refractivity contribution in [2.45, 2.75) is 26.2 Å². The molecule has 0 aromatic heterocycles. The van der Waals surface area contributed by atoms with Gasteiger partial charge in [-0.05, 0) is 34.9 Å². The molecule has 1 aromatic rings. The third-order valence-electron chi connectivity index (χ3n) is 6.66. The van der Waals surface area contributed by atoms with E-state index in [1.165, 1.54) is 16.0 Å². The Labute approximate surface area is 193 Å². The molecule has 2 heterocycles. The molecule has 1 saturated heterocycles. The van der Waals surface area contributed by atoms with Crippen molar-refractivity contribution >= 4 is 41.8 Å². The first-order valence-corrected chi connectivity index (χ1v) is 10.3. The number of carbonyl (C=O) groups excluding carboxylic acids is 2. The lowest BCUT2D eigenvalue weighted by molar-refractivity contribution is -0.140. The van der Waals surface area contributed by atoms with Crippen LogP contribution in [-0.4, -0.2) is 42.8 Å². The standard InChI is InChI=1S/C22H26N4O3.HI/c1-23-22(25-10-13-2-3-16-11-29-12-17(16)8-13)24-6-7-26-20(27)18-14-4-5-15(9-14)19(18)21(26)28;/h2-5,8,14-15,18-19H,6-7,9-12H2,1H3,(H2,23,24,25);1H. The third kappa shape index (κ3) is 3.64. The Morgan fingerprint density at radius 3 is 2.50 bits per heavy atom. The molecule has 2 aliphatic carbocycles. The molecule has 2 amide bonds. The molecule has 2 aliphatic heterocycles. The molecule has 4 unspecified atom stereocenters. The first-order valence-electron chi connectivity index (χ1n) is 10.3. The van der Waals surface area contributed by atoms with Gasteiger partial charge in [-0.15, -0.1) is 24.0 Å². The number of hydrogen-bond donors (Lipinski definition) is 2. The minimum Gasteiger partial charge on any atom is -0.372 e. The van der Waals surface area contributed by atoms with Crippen molar-refractivity contribution in [3.05, 3.63) is 47.0 Å². The second-order valence-electron chi connectivity index (χ2n) is 8.28. The molecule has 4 aliphatic rings. The number of imide groups is 1. The molecule has 30 heavy (non-hydrogen) atoms. The molecule has 2 fully saturated rings. The number of benzene rings is 1. The average Bonchev–Trinajstić information content (AvgIpc) is 3.50. The van der Waals surface area contributed by atoms with E-state index in [9.17, 15) is 9.59 Å². The largest absolute Gasteiger partial charge is 0.372 e. The predicted octanol–water partition coefficient (Wildman–Crippen LogP) is 1.81. The minimum atomic E-state index is -0.126. The molecule has 1 aromatic carbocycles. The van der Waals surface area contributed by atoms with Crippen LogP contribution in [-0.2, 0) is 34.1 Å². The molecule has 8 heteroatoms. The second-order valence-corrected chi connectivity index (χ2v) is 8.28. The highest BCUT2D eigenvalue weighted by Crippen LogP contribution is 2.52. The van der Waals surface area contributed by atoms with Crippen LogP contribution in [0.4, 0.5) is 0 Å². The summed E-state index contributed by atoms with van der Waals surface area (Å²) in [5, 5.41) is 6.50. The summed E-state index contributed by atoms with van der Waals surface area (Å²) >= 11 is 0. The van der Waals surface area contributed by atoms with E-state index in [4.69, 9.17) is 4.74 Å². The lowest BCUT2D eigenvalue weighted by atomic mass is 9.85. The van der Waals surface area contributed by atoms with Crippen LogP contribution in [0.15, 0.2) is 35.3 Å². The van der Waals surface area contributed by atoms with Crippen LogP contribution in [0.2, 0.25) is 0 Å². The Morgan fingerprint density at radius 2 is 1.80 bits per heavy atom. The number of fused-ring (bicyclic) bond motifs is 6. The average molecular weight is 522 g/mol. The van der Waals surface area contributed by atoms with Gasteiger partial charge in [0.15, 0.2) is 5.96 Å². The van der Waals surface area contributed by atoms with Crippen molar-refractivity contribution in [3.8, 4) is 0 Å². The van der Waals surface area contributed by atoms with Crippen molar-refractivity contribution in [1.29, 1.82) is 0 Å².